The average Bonchev–Trinajstić information content (AvgIpc) is 2.15. The first-order chi connectivity index (χ1) is 4.29. The van der Waals surface area contributed by atoms with Crippen molar-refractivity contribution >= 4 is 5.97 Å². The van der Waals surface area contributed by atoms with Crippen LogP contribution in [0.5, 0.6) is 0 Å². The zero-order chi connectivity index (χ0) is 6.69. The Balaban J connectivity index is 2.28. The molecule has 0 saturated heterocycles. The van der Waals surface area contributed by atoms with Crippen LogP contribution in [-0.4, -0.2) is 17.2 Å². The van der Waals surface area contributed by atoms with Gasteiger partial charge in [-0.15, -0.1) is 0 Å². The van der Waals surface area contributed by atoms with E-state index >= 15 is 0 Å². The standard InChI is InChI=1S/C5H7NO3/c7-5(8)3-4-1-2-6-9-4/h1-2,4,6H,3H2,(H,7,8). The molecule has 0 spiro atoms. The minimum absolute atomic E-state index is 0.0174. The Morgan fingerprint density at radius 1 is 1.89 bits per heavy atom. The van der Waals surface area contributed by atoms with Crippen molar-refractivity contribution in [2.24, 2.45) is 0 Å². The highest BCUT2D eigenvalue weighted by Crippen LogP contribution is 2.02. The average molecular weight is 129 g/mol. The molecule has 0 saturated carbocycles. The van der Waals surface area contributed by atoms with Gasteiger partial charge in [-0.05, 0) is 6.08 Å². The molecule has 0 fully saturated rings. The van der Waals surface area contributed by atoms with Crippen LogP contribution < -0.4 is 5.48 Å². The van der Waals surface area contributed by atoms with Crippen molar-refractivity contribution in [1.82, 2.24) is 5.48 Å². The number of hydrogen-bond acceptors (Lipinski definition) is 3. The molecule has 0 aliphatic carbocycles. The molecule has 1 aliphatic heterocycles. The van der Waals surface area contributed by atoms with Crippen LogP contribution in [0.3, 0.4) is 0 Å². The Kier molecular flexibility index (Phi) is 1.69. The third kappa shape index (κ3) is 1.73. The van der Waals surface area contributed by atoms with Gasteiger partial charge in [-0.2, -0.15) is 0 Å². The molecule has 0 aromatic heterocycles. The molecule has 50 valence electrons. The van der Waals surface area contributed by atoms with Crippen LogP contribution in [0.15, 0.2) is 12.3 Å². The van der Waals surface area contributed by atoms with Gasteiger partial charge < -0.3 is 5.11 Å². The Morgan fingerprint density at radius 2 is 2.67 bits per heavy atom. The highest BCUT2D eigenvalue weighted by molar-refractivity contribution is 5.67. The van der Waals surface area contributed by atoms with Gasteiger partial charge in [0, 0.05) is 6.20 Å². The second kappa shape index (κ2) is 2.50. The highest BCUT2D eigenvalue weighted by Gasteiger charge is 2.12. The van der Waals surface area contributed by atoms with Crippen LogP contribution in [0.4, 0.5) is 0 Å². The summed E-state index contributed by atoms with van der Waals surface area (Å²) >= 11 is 0. The lowest BCUT2D eigenvalue weighted by Gasteiger charge is -2.01. The number of nitrogens with one attached hydrogen (secondary N) is 1. The lowest BCUT2D eigenvalue weighted by atomic mass is 10.2. The van der Waals surface area contributed by atoms with Crippen LogP contribution in [-0.2, 0) is 9.63 Å². The summed E-state index contributed by atoms with van der Waals surface area (Å²) in [6.45, 7) is 0. The van der Waals surface area contributed by atoms with Crippen molar-refractivity contribution in [3.8, 4) is 0 Å². The monoisotopic (exact) mass is 129 g/mol. The third-order valence-corrected chi connectivity index (χ3v) is 0.974. The number of carboxylic acid groups (broad SMARTS) is 1. The van der Waals surface area contributed by atoms with Crippen molar-refractivity contribution in [1.29, 1.82) is 0 Å². The summed E-state index contributed by atoms with van der Waals surface area (Å²) < 4.78 is 0. The maximum atomic E-state index is 10.0. The lowest BCUT2D eigenvalue weighted by molar-refractivity contribution is -0.139. The molecule has 2 N–H and O–H groups in total. The van der Waals surface area contributed by atoms with E-state index in [0.717, 1.165) is 0 Å². The third-order valence-electron chi connectivity index (χ3n) is 0.974. The van der Waals surface area contributed by atoms with Gasteiger partial charge in [0.25, 0.3) is 0 Å². The summed E-state index contributed by atoms with van der Waals surface area (Å²) in [6.07, 6.45) is 2.95. The summed E-state index contributed by atoms with van der Waals surface area (Å²) in [5, 5.41) is 8.23. The van der Waals surface area contributed by atoms with Gasteiger partial charge in [-0.1, -0.05) is 0 Å². The fourth-order valence-electron chi connectivity index (χ4n) is 0.594. The molecule has 1 atom stereocenters. The fraction of sp³-hybridized carbons (Fsp3) is 0.400. The maximum Gasteiger partial charge on any atom is 0.306 e. The van der Waals surface area contributed by atoms with Gasteiger partial charge in [0.1, 0.15) is 6.10 Å². The zero-order valence-electron chi connectivity index (χ0n) is 4.70. The van der Waals surface area contributed by atoms with Crippen LogP contribution in [0.1, 0.15) is 6.42 Å². The van der Waals surface area contributed by atoms with E-state index in [1.165, 1.54) is 0 Å². The quantitative estimate of drug-likeness (QED) is 0.545. The Morgan fingerprint density at radius 3 is 3.11 bits per heavy atom. The van der Waals surface area contributed by atoms with Crippen LogP contribution >= 0.6 is 0 Å². The number of rotatable bonds is 2. The molecule has 0 bridgehead atoms. The summed E-state index contributed by atoms with van der Waals surface area (Å²) in [4.78, 5) is 14.7. The van der Waals surface area contributed by atoms with E-state index in [4.69, 9.17) is 9.94 Å². The molecule has 0 radical (unpaired) electrons. The molecule has 9 heavy (non-hydrogen) atoms. The van der Waals surface area contributed by atoms with Gasteiger partial charge in [0.05, 0.1) is 6.42 Å². The zero-order valence-corrected chi connectivity index (χ0v) is 4.70. The van der Waals surface area contributed by atoms with Crippen molar-refractivity contribution in [3.63, 3.8) is 0 Å². The van der Waals surface area contributed by atoms with E-state index in [-0.39, 0.29) is 12.5 Å². The van der Waals surface area contributed by atoms with E-state index in [2.05, 4.69) is 5.48 Å². The summed E-state index contributed by atoms with van der Waals surface area (Å²) in [5.74, 6) is -0.853. The van der Waals surface area contributed by atoms with Crippen LogP contribution in [0, 0.1) is 0 Å². The largest absolute Gasteiger partial charge is 0.481 e. The summed E-state index contributed by atoms with van der Waals surface area (Å²) in [7, 11) is 0. The molecule has 0 amide bonds. The minimum atomic E-state index is -0.853. The first-order valence-corrected chi connectivity index (χ1v) is 2.58. The number of hydrogen-bond donors (Lipinski definition) is 2. The first-order valence-electron chi connectivity index (χ1n) is 2.58. The molecular formula is C5H7NO3. The lowest BCUT2D eigenvalue weighted by Crippen LogP contribution is -2.14. The van der Waals surface area contributed by atoms with E-state index in [0.29, 0.717) is 0 Å². The van der Waals surface area contributed by atoms with Crippen molar-refractivity contribution in [3.05, 3.63) is 12.3 Å². The van der Waals surface area contributed by atoms with Crippen molar-refractivity contribution in [2.75, 3.05) is 0 Å². The van der Waals surface area contributed by atoms with Gasteiger partial charge in [0.2, 0.25) is 0 Å². The van der Waals surface area contributed by atoms with E-state index in [9.17, 15) is 4.79 Å². The normalized spacial score (nSPS) is 23.8. The van der Waals surface area contributed by atoms with Crippen molar-refractivity contribution < 1.29 is 14.7 Å². The molecule has 1 rings (SSSR count). The van der Waals surface area contributed by atoms with Gasteiger partial charge in [0.15, 0.2) is 0 Å². The molecular weight excluding hydrogens is 122 g/mol. The van der Waals surface area contributed by atoms with Crippen molar-refractivity contribution in [2.45, 2.75) is 12.5 Å². The Hall–Kier alpha value is -1.03. The number of carboxylic acids is 1. The molecule has 1 heterocycles. The minimum Gasteiger partial charge on any atom is -0.481 e. The smallest absolute Gasteiger partial charge is 0.306 e. The molecule has 1 unspecified atom stereocenters. The highest BCUT2D eigenvalue weighted by atomic mass is 16.7. The van der Waals surface area contributed by atoms with Gasteiger partial charge in [-0.3, -0.25) is 15.1 Å². The van der Waals surface area contributed by atoms with E-state index in [1.54, 1.807) is 12.3 Å². The molecule has 4 heteroatoms. The maximum absolute atomic E-state index is 10.0. The van der Waals surface area contributed by atoms with Gasteiger partial charge in [-0.25, -0.2) is 0 Å². The first kappa shape index (κ1) is 6.10. The second-order valence-electron chi connectivity index (χ2n) is 1.73. The number of aliphatic carboxylic acids is 1. The number of carbonyl (C=O) groups is 1. The van der Waals surface area contributed by atoms with E-state index in [1.807, 2.05) is 0 Å². The predicted molar refractivity (Wildman–Crippen MR) is 29.4 cm³/mol. The SMILES string of the molecule is O=C(O)CC1C=CNO1. The fourth-order valence-corrected chi connectivity index (χ4v) is 0.594. The Bertz CT molecular complexity index is 143. The Labute approximate surface area is 52.1 Å². The molecule has 0 aromatic rings. The molecule has 4 nitrogen and oxygen atoms in total. The molecule has 1 aliphatic rings. The van der Waals surface area contributed by atoms with Gasteiger partial charge >= 0.3 is 5.97 Å². The summed E-state index contributed by atoms with van der Waals surface area (Å²) in [6, 6.07) is 0. The second-order valence-corrected chi connectivity index (χ2v) is 1.73. The molecule has 0 aromatic carbocycles. The number of hydroxylamine groups is 1. The predicted octanol–water partition coefficient (Wildman–Crippen LogP) is -0.122. The topological polar surface area (TPSA) is 58.6 Å². The van der Waals surface area contributed by atoms with E-state index < -0.39 is 5.97 Å². The van der Waals surface area contributed by atoms with Crippen LogP contribution in [0.25, 0.3) is 0 Å². The van der Waals surface area contributed by atoms with Crippen LogP contribution in [0.2, 0.25) is 0 Å². The summed E-state index contributed by atoms with van der Waals surface area (Å²) in [5.41, 5.74) is 2.43.